The molecule has 1 heterocycles. The van der Waals surface area contributed by atoms with E-state index in [1.165, 1.54) is 0 Å². The van der Waals surface area contributed by atoms with E-state index in [-0.39, 0.29) is 12.6 Å². The summed E-state index contributed by atoms with van der Waals surface area (Å²) >= 11 is 0. The highest BCUT2D eigenvalue weighted by Gasteiger charge is 2.10. The molecule has 1 rings (SSSR count). The lowest BCUT2D eigenvalue weighted by Gasteiger charge is -2.13. The van der Waals surface area contributed by atoms with Gasteiger partial charge in [-0.1, -0.05) is 6.07 Å². The molecule has 1 aromatic rings. The smallest absolute Gasteiger partial charge is 0.261 e. The average Bonchev–Trinajstić information content (AvgIpc) is 2.24. The summed E-state index contributed by atoms with van der Waals surface area (Å²) in [5.41, 5.74) is 12.2. The highest BCUT2D eigenvalue weighted by atomic mass is 19.3. The first-order chi connectivity index (χ1) is 7.61. The third kappa shape index (κ3) is 4.08. The van der Waals surface area contributed by atoms with E-state index in [2.05, 4.69) is 4.98 Å². The molecule has 1 aromatic heterocycles. The average molecular weight is 231 g/mol. The molecule has 0 amide bonds. The zero-order chi connectivity index (χ0) is 12.0. The molecule has 0 aliphatic heterocycles. The van der Waals surface area contributed by atoms with Crippen LogP contribution >= 0.6 is 0 Å². The van der Waals surface area contributed by atoms with Gasteiger partial charge in [0.1, 0.15) is 12.4 Å². The van der Waals surface area contributed by atoms with Gasteiger partial charge >= 0.3 is 0 Å². The van der Waals surface area contributed by atoms with Crippen molar-refractivity contribution in [2.45, 2.75) is 18.9 Å². The molecule has 4 N–H and O–H groups in total. The van der Waals surface area contributed by atoms with Gasteiger partial charge < -0.3 is 16.2 Å². The Bertz CT molecular complexity index is 323. The fraction of sp³-hybridized carbons (Fsp3) is 0.500. The molecule has 90 valence electrons. The first kappa shape index (κ1) is 12.8. The van der Waals surface area contributed by atoms with Crippen molar-refractivity contribution in [3.05, 3.63) is 23.9 Å². The van der Waals surface area contributed by atoms with Gasteiger partial charge in [0.2, 0.25) is 0 Å². The van der Waals surface area contributed by atoms with Crippen LogP contribution in [0.25, 0.3) is 0 Å². The van der Waals surface area contributed by atoms with Gasteiger partial charge in [0.15, 0.2) is 0 Å². The van der Waals surface area contributed by atoms with Crippen molar-refractivity contribution in [3.63, 3.8) is 0 Å². The number of aromatic nitrogens is 1. The second-order valence-corrected chi connectivity index (χ2v) is 3.34. The van der Waals surface area contributed by atoms with Crippen LogP contribution in [0, 0.1) is 0 Å². The summed E-state index contributed by atoms with van der Waals surface area (Å²) in [6, 6.07) is 3.15. The molecule has 1 atom stereocenters. The minimum atomic E-state index is -2.44. The van der Waals surface area contributed by atoms with Crippen molar-refractivity contribution >= 4 is 5.82 Å². The van der Waals surface area contributed by atoms with E-state index in [1.54, 1.807) is 18.3 Å². The van der Waals surface area contributed by atoms with Crippen LogP contribution in [0.2, 0.25) is 0 Å². The Balaban J connectivity index is 2.35. The van der Waals surface area contributed by atoms with Crippen LogP contribution in [0.4, 0.5) is 14.6 Å². The Morgan fingerprint density at radius 1 is 1.44 bits per heavy atom. The Morgan fingerprint density at radius 2 is 2.19 bits per heavy atom. The van der Waals surface area contributed by atoms with Crippen LogP contribution in [0.1, 0.15) is 18.0 Å². The maximum absolute atomic E-state index is 11.8. The van der Waals surface area contributed by atoms with Crippen molar-refractivity contribution in [3.8, 4) is 0 Å². The molecule has 0 radical (unpaired) electrons. The van der Waals surface area contributed by atoms with E-state index >= 15 is 0 Å². The monoisotopic (exact) mass is 231 g/mol. The number of rotatable bonds is 6. The van der Waals surface area contributed by atoms with Gasteiger partial charge in [-0.15, -0.1) is 0 Å². The molecule has 6 heteroatoms. The molecular formula is C10H15F2N3O. The lowest BCUT2D eigenvalue weighted by atomic mass is 10.1. The Hall–Kier alpha value is -1.27. The van der Waals surface area contributed by atoms with Gasteiger partial charge in [-0.05, 0) is 12.5 Å². The number of hydrogen-bond donors (Lipinski definition) is 2. The largest absolute Gasteiger partial charge is 0.383 e. The highest BCUT2D eigenvalue weighted by Crippen LogP contribution is 2.18. The minimum absolute atomic E-state index is 0.180. The van der Waals surface area contributed by atoms with Crippen LogP contribution in [0.15, 0.2) is 18.3 Å². The lowest BCUT2D eigenvalue weighted by molar-refractivity contribution is 0.0152. The first-order valence-corrected chi connectivity index (χ1v) is 4.93. The van der Waals surface area contributed by atoms with E-state index in [9.17, 15) is 8.78 Å². The number of halogens is 2. The number of hydrogen-bond acceptors (Lipinski definition) is 4. The topological polar surface area (TPSA) is 74.2 Å². The molecule has 0 aromatic carbocycles. The van der Waals surface area contributed by atoms with Crippen molar-refractivity contribution in [1.82, 2.24) is 4.98 Å². The lowest BCUT2D eigenvalue weighted by Crippen LogP contribution is -2.16. The van der Waals surface area contributed by atoms with Gasteiger partial charge in [-0.25, -0.2) is 13.8 Å². The molecule has 0 aliphatic rings. The van der Waals surface area contributed by atoms with Crippen LogP contribution in [-0.2, 0) is 4.74 Å². The van der Waals surface area contributed by atoms with Crippen LogP contribution in [0.3, 0.4) is 0 Å². The summed E-state index contributed by atoms with van der Waals surface area (Å²) in [6.45, 7) is -0.380. The minimum Gasteiger partial charge on any atom is -0.383 e. The molecule has 0 spiro atoms. The van der Waals surface area contributed by atoms with Crippen LogP contribution < -0.4 is 11.5 Å². The molecule has 0 saturated carbocycles. The van der Waals surface area contributed by atoms with E-state index in [0.717, 1.165) is 0 Å². The van der Waals surface area contributed by atoms with Crippen LogP contribution in [-0.4, -0.2) is 24.6 Å². The SMILES string of the molecule is Nc1ncccc1C(N)CCOCC(F)F. The Labute approximate surface area is 92.6 Å². The third-order valence-corrected chi connectivity index (χ3v) is 2.09. The number of nitrogens with zero attached hydrogens (tertiary/aromatic N) is 1. The molecule has 0 aliphatic carbocycles. The predicted molar refractivity (Wildman–Crippen MR) is 57.0 cm³/mol. The van der Waals surface area contributed by atoms with Gasteiger partial charge in [0, 0.05) is 24.4 Å². The fourth-order valence-electron chi connectivity index (χ4n) is 1.28. The molecular weight excluding hydrogens is 216 g/mol. The van der Waals surface area contributed by atoms with Crippen LogP contribution in [0.5, 0.6) is 0 Å². The maximum Gasteiger partial charge on any atom is 0.261 e. The molecule has 0 saturated heterocycles. The predicted octanol–water partition coefficient (Wildman–Crippen LogP) is 1.34. The quantitative estimate of drug-likeness (QED) is 0.724. The second kappa shape index (κ2) is 6.34. The molecule has 0 bridgehead atoms. The molecule has 1 unspecified atom stereocenters. The molecule has 4 nitrogen and oxygen atoms in total. The third-order valence-electron chi connectivity index (χ3n) is 2.09. The first-order valence-electron chi connectivity index (χ1n) is 4.93. The number of pyridine rings is 1. The summed E-state index contributed by atoms with van der Waals surface area (Å²) in [6.07, 6.45) is -0.443. The summed E-state index contributed by atoms with van der Waals surface area (Å²) in [5, 5.41) is 0. The van der Waals surface area contributed by atoms with Gasteiger partial charge in [-0.2, -0.15) is 0 Å². The fourth-order valence-corrected chi connectivity index (χ4v) is 1.28. The summed E-state index contributed by atoms with van der Waals surface area (Å²) in [5.74, 6) is 0.365. The number of ether oxygens (including phenoxy) is 1. The number of nitrogen functional groups attached to an aromatic ring is 1. The van der Waals surface area contributed by atoms with E-state index < -0.39 is 13.0 Å². The second-order valence-electron chi connectivity index (χ2n) is 3.34. The molecule has 16 heavy (non-hydrogen) atoms. The van der Waals surface area contributed by atoms with Gasteiger partial charge in [0.05, 0.1) is 0 Å². The van der Waals surface area contributed by atoms with E-state index in [0.29, 0.717) is 17.8 Å². The zero-order valence-corrected chi connectivity index (χ0v) is 8.77. The maximum atomic E-state index is 11.8. The summed E-state index contributed by atoms with van der Waals surface area (Å²) in [7, 11) is 0. The van der Waals surface area contributed by atoms with Crippen molar-refractivity contribution in [2.75, 3.05) is 18.9 Å². The zero-order valence-electron chi connectivity index (χ0n) is 8.77. The van der Waals surface area contributed by atoms with E-state index in [4.69, 9.17) is 16.2 Å². The number of alkyl halides is 2. The number of nitrogens with two attached hydrogens (primary N) is 2. The summed E-state index contributed by atoms with van der Waals surface area (Å²) < 4.78 is 28.3. The van der Waals surface area contributed by atoms with E-state index in [1.807, 2.05) is 0 Å². The summed E-state index contributed by atoms with van der Waals surface area (Å²) in [4.78, 5) is 3.89. The normalized spacial score (nSPS) is 13.0. The Kier molecular flexibility index (Phi) is 5.07. The van der Waals surface area contributed by atoms with Crippen molar-refractivity contribution in [2.24, 2.45) is 5.73 Å². The standard InChI is InChI=1S/C10H15F2N3O/c11-9(12)6-16-5-3-8(13)7-2-1-4-15-10(7)14/h1-2,4,8-9H,3,5-6,13H2,(H2,14,15). The molecule has 0 fully saturated rings. The van der Waals surface area contributed by atoms with Gasteiger partial charge in [-0.3, -0.25) is 0 Å². The van der Waals surface area contributed by atoms with Crippen molar-refractivity contribution < 1.29 is 13.5 Å². The number of anilines is 1. The van der Waals surface area contributed by atoms with Gasteiger partial charge in [0.25, 0.3) is 6.43 Å². The highest BCUT2D eigenvalue weighted by molar-refractivity contribution is 5.40. The van der Waals surface area contributed by atoms with Crippen molar-refractivity contribution in [1.29, 1.82) is 0 Å². The Morgan fingerprint density at radius 3 is 2.81 bits per heavy atom.